The van der Waals surface area contributed by atoms with Crippen molar-refractivity contribution in [2.75, 3.05) is 13.1 Å². The first kappa shape index (κ1) is 17.4. The molecule has 1 amide bonds. The maximum absolute atomic E-state index is 12.9. The Morgan fingerprint density at radius 1 is 1.04 bits per heavy atom. The molecule has 0 aliphatic carbocycles. The number of piperidine rings is 1. The van der Waals surface area contributed by atoms with Crippen LogP contribution in [0.4, 0.5) is 0 Å². The van der Waals surface area contributed by atoms with Gasteiger partial charge in [-0.1, -0.05) is 48.5 Å². The molecule has 2 heterocycles. The molecule has 0 radical (unpaired) electrons. The molecule has 1 saturated heterocycles. The smallest absolute Gasteiger partial charge is 0.255 e. The van der Waals surface area contributed by atoms with Crippen molar-refractivity contribution in [2.24, 2.45) is 5.92 Å². The summed E-state index contributed by atoms with van der Waals surface area (Å²) >= 11 is 0. The Morgan fingerprint density at radius 3 is 2.67 bits per heavy atom. The highest BCUT2D eigenvalue weighted by molar-refractivity contribution is 5.97. The van der Waals surface area contributed by atoms with E-state index in [-0.39, 0.29) is 17.6 Å². The molecular weight excluding hydrogens is 336 g/mol. The number of amides is 1. The molecule has 3 aromatic rings. The molecule has 0 bridgehead atoms. The van der Waals surface area contributed by atoms with Gasteiger partial charge in [0.1, 0.15) is 5.78 Å². The van der Waals surface area contributed by atoms with Crippen LogP contribution in [0.5, 0.6) is 0 Å². The zero-order chi connectivity index (χ0) is 18.6. The summed E-state index contributed by atoms with van der Waals surface area (Å²) in [6, 6.07) is 19.5. The molecule has 0 unspecified atom stereocenters. The van der Waals surface area contributed by atoms with E-state index in [4.69, 9.17) is 0 Å². The van der Waals surface area contributed by atoms with E-state index in [2.05, 4.69) is 4.98 Å². The van der Waals surface area contributed by atoms with Gasteiger partial charge in [0.15, 0.2) is 0 Å². The predicted octanol–water partition coefficient (Wildman–Crippen LogP) is 3.90. The summed E-state index contributed by atoms with van der Waals surface area (Å²) < 4.78 is 0. The highest BCUT2D eigenvalue weighted by atomic mass is 16.2. The minimum absolute atomic E-state index is 0.0366. The number of hydrogen-bond donors (Lipinski definition) is 0. The molecule has 1 fully saturated rings. The molecule has 0 saturated carbocycles. The molecule has 2 aromatic carbocycles. The van der Waals surface area contributed by atoms with E-state index in [1.54, 1.807) is 6.20 Å². The monoisotopic (exact) mass is 358 g/mol. The lowest BCUT2D eigenvalue weighted by Crippen LogP contribution is -2.42. The van der Waals surface area contributed by atoms with Gasteiger partial charge in [-0.15, -0.1) is 0 Å². The van der Waals surface area contributed by atoms with Crippen LogP contribution in [-0.2, 0) is 11.2 Å². The number of Topliss-reactive ketones (excluding diaryl/α,β-unsaturated/α-hetero) is 1. The fourth-order valence-corrected chi connectivity index (χ4v) is 3.74. The number of ketones is 1. The van der Waals surface area contributed by atoms with Crippen LogP contribution < -0.4 is 0 Å². The van der Waals surface area contributed by atoms with E-state index in [0.717, 1.165) is 29.3 Å². The van der Waals surface area contributed by atoms with Crippen LogP contribution in [0.25, 0.3) is 10.9 Å². The Morgan fingerprint density at radius 2 is 1.81 bits per heavy atom. The molecule has 136 valence electrons. The quantitative estimate of drug-likeness (QED) is 0.711. The van der Waals surface area contributed by atoms with E-state index < -0.39 is 0 Å². The van der Waals surface area contributed by atoms with Crippen molar-refractivity contribution in [1.82, 2.24) is 9.88 Å². The Kier molecular flexibility index (Phi) is 4.97. The second-order valence-electron chi connectivity index (χ2n) is 7.14. The van der Waals surface area contributed by atoms with E-state index in [1.165, 1.54) is 0 Å². The molecule has 0 N–H and O–H groups in total. The number of carbonyl (C=O) groups excluding carboxylic acids is 2. The summed E-state index contributed by atoms with van der Waals surface area (Å²) in [5.41, 5.74) is 2.50. The van der Waals surface area contributed by atoms with Crippen LogP contribution >= 0.6 is 0 Å². The number of likely N-dealkylation sites (tertiary alicyclic amines) is 1. The third kappa shape index (κ3) is 3.90. The lowest BCUT2D eigenvalue weighted by Gasteiger charge is -2.32. The normalized spacial score (nSPS) is 17.0. The molecule has 1 aliphatic heterocycles. The van der Waals surface area contributed by atoms with Crippen LogP contribution in [0.15, 0.2) is 66.9 Å². The summed E-state index contributed by atoms with van der Waals surface area (Å²) in [6.07, 6.45) is 3.79. The lowest BCUT2D eigenvalue weighted by molar-refractivity contribution is -0.123. The van der Waals surface area contributed by atoms with Gasteiger partial charge >= 0.3 is 0 Å². The Bertz CT molecular complexity index is 968. The third-order valence-corrected chi connectivity index (χ3v) is 5.22. The van der Waals surface area contributed by atoms with Crippen molar-refractivity contribution in [3.8, 4) is 0 Å². The maximum Gasteiger partial charge on any atom is 0.255 e. The Balaban J connectivity index is 1.46. The van der Waals surface area contributed by atoms with Gasteiger partial charge in [-0.3, -0.25) is 14.6 Å². The van der Waals surface area contributed by atoms with Gasteiger partial charge in [-0.25, -0.2) is 0 Å². The number of benzene rings is 2. The number of carbonyl (C=O) groups is 2. The summed E-state index contributed by atoms with van der Waals surface area (Å²) in [6.45, 7) is 1.19. The van der Waals surface area contributed by atoms with Crippen LogP contribution in [0.2, 0.25) is 0 Å². The van der Waals surface area contributed by atoms with Crippen LogP contribution in [0, 0.1) is 5.92 Å². The third-order valence-electron chi connectivity index (χ3n) is 5.22. The number of pyridine rings is 1. The zero-order valence-electron chi connectivity index (χ0n) is 15.2. The molecule has 1 atom stereocenters. The van der Waals surface area contributed by atoms with Crippen molar-refractivity contribution < 1.29 is 9.59 Å². The van der Waals surface area contributed by atoms with Gasteiger partial charge in [0.05, 0.1) is 11.1 Å². The molecular formula is C23H22N2O2. The fraction of sp³-hybridized carbons (Fsp3) is 0.261. The number of fused-ring (bicyclic) bond motifs is 1. The molecule has 4 nitrogen and oxygen atoms in total. The summed E-state index contributed by atoms with van der Waals surface area (Å²) in [5, 5.41) is 0.956. The number of para-hydroxylation sites is 1. The highest BCUT2D eigenvalue weighted by Crippen LogP contribution is 2.22. The first-order chi connectivity index (χ1) is 13.2. The molecule has 4 rings (SSSR count). The molecule has 4 heteroatoms. The Labute approximate surface area is 158 Å². The van der Waals surface area contributed by atoms with Gasteiger partial charge in [-0.2, -0.15) is 0 Å². The van der Waals surface area contributed by atoms with Gasteiger partial charge in [-0.05, 0) is 30.5 Å². The topological polar surface area (TPSA) is 50.3 Å². The van der Waals surface area contributed by atoms with E-state index >= 15 is 0 Å². The van der Waals surface area contributed by atoms with Crippen molar-refractivity contribution in [3.63, 3.8) is 0 Å². The van der Waals surface area contributed by atoms with E-state index in [0.29, 0.717) is 25.1 Å². The average molecular weight is 358 g/mol. The number of hydrogen-bond acceptors (Lipinski definition) is 3. The average Bonchev–Trinajstić information content (AvgIpc) is 2.73. The molecule has 1 aliphatic rings. The van der Waals surface area contributed by atoms with Crippen LogP contribution in [0.3, 0.4) is 0 Å². The minimum atomic E-state index is -0.0867. The van der Waals surface area contributed by atoms with Crippen molar-refractivity contribution in [1.29, 1.82) is 0 Å². The lowest BCUT2D eigenvalue weighted by atomic mass is 9.90. The molecule has 1 aromatic heterocycles. The van der Waals surface area contributed by atoms with Gasteiger partial charge in [0, 0.05) is 37.0 Å². The van der Waals surface area contributed by atoms with Crippen LogP contribution in [0.1, 0.15) is 28.8 Å². The Hall–Kier alpha value is -3.01. The summed E-state index contributed by atoms with van der Waals surface area (Å²) in [5.74, 6) is 0.0946. The second-order valence-corrected chi connectivity index (χ2v) is 7.14. The predicted molar refractivity (Wildman–Crippen MR) is 106 cm³/mol. The maximum atomic E-state index is 12.9. The number of nitrogens with zero attached hydrogens (tertiary/aromatic N) is 2. The zero-order valence-corrected chi connectivity index (χ0v) is 15.2. The summed E-state index contributed by atoms with van der Waals surface area (Å²) in [4.78, 5) is 31.8. The fourth-order valence-electron chi connectivity index (χ4n) is 3.74. The van der Waals surface area contributed by atoms with Gasteiger partial charge in [0.25, 0.3) is 5.91 Å². The minimum Gasteiger partial charge on any atom is -0.338 e. The second kappa shape index (κ2) is 7.70. The van der Waals surface area contributed by atoms with Crippen molar-refractivity contribution >= 4 is 22.6 Å². The highest BCUT2D eigenvalue weighted by Gasteiger charge is 2.29. The summed E-state index contributed by atoms with van der Waals surface area (Å²) in [7, 11) is 0. The largest absolute Gasteiger partial charge is 0.338 e. The molecule has 0 spiro atoms. The number of rotatable bonds is 4. The first-order valence-corrected chi connectivity index (χ1v) is 9.41. The van der Waals surface area contributed by atoms with E-state index in [1.807, 2.05) is 65.6 Å². The van der Waals surface area contributed by atoms with Gasteiger partial charge in [0.2, 0.25) is 0 Å². The van der Waals surface area contributed by atoms with Crippen molar-refractivity contribution in [3.05, 3.63) is 78.0 Å². The SMILES string of the molecule is O=C(Cc1ccccc1)[C@@H]1CCCN(C(=O)c2cnc3ccccc3c2)C1. The van der Waals surface area contributed by atoms with Gasteiger partial charge < -0.3 is 4.90 Å². The first-order valence-electron chi connectivity index (χ1n) is 9.41. The van der Waals surface area contributed by atoms with E-state index in [9.17, 15) is 9.59 Å². The molecule has 27 heavy (non-hydrogen) atoms. The standard InChI is InChI=1S/C23H22N2O2/c26-22(13-17-7-2-1-3-8-17)19-10-6-12-25(16-19)23(27)20-14-18-9-4-5-11-21(18)24-15-20/h1-5,7-9,11,14-15,19H,6,10,12-13,16H2/t19-/m1/s1. The van der Waals surface area contributed by atoms with Crippen molar-refractivity contribution in [2.45, 2.75) is 19.3 Å². The van der Waals surface area contributed by atoms with Crippen LogP contribution in [-0.4, -0.2) is 34.7 Å². The number of aromatic nitrogens is 1.